The molecule has 0 aliphatic heterocycles. The fourth-order valence-corrected chi connectivity index (χ4v) is 6.05. The van der Waals surface area contributed by atoms with Gasteiger partial charge in [0.15, 0.2) is 5.78 Å². The molecule has 9 heteroatoms. The van der Waals surface area contributed by atoms with Gasteiger partial charge < -0.3 is 9.52 Å². The van der Waals surface area contributed by atoms with Gasteiger partial charge in [-0.3, -0.25) is 9.78 Å². The number of aliphatic hydroxyl groups excluding tert-OH is 1. The summed E-state index contributed by atoms with van der Waals surface area (Å²) in [6.07, 6.45) is 0.252. The number of carbonyl (C=O) groups excluding carboxylic acids is 1. The molecule has 5 nitrogen and oxygen atoms in total. The number of para-hydroxylation sites is 1. The number of halogens is 3. The van der Waals surface area contributed by atoms with Gasteiger partial charge in [0.2, 0.25) is 0 Å². The largest absolute Gasteiger partial charge is 0.512 e. The number of rotatable bonds is 8. The number of aryl methyl sites for hydroxylation is 1. The van der Waals surface area contributed by atoms with Gasteiger partial charge in [-0.05, 0) is 55.5 Å². The third kappa shape index (κ3) is 7.21. The van der Waals surface area contributed by atoms with Crippen LogP contribution in [0.2, 0.25) is 0 Å². The van der Waals surface area contributed by atoms with Crippen molar-refractivity contribution in [3.05, 3.63) is 96.0 Å². The van der Waals surface area contributed by atoms with Crippen LogP contribution in [0.15, 0.2) is 83.0 Å². The van der Waals surface area contributed by atoms with Crippen LogP contribution in [0, 0.1) is 23.8 Å². The van der Waals surface area contributed by atoms with Crippen LogP contribution < -0.4 is 0 Å². The maximum Gasteiger partial charge on any atom is 0.417 e. The van der Waals surface area contributed by atoms with Crippen LogP contribution in [0.4, 0.5) is 13.2 Å². The Morgan fingerprint density at radius 2 is 1.50 bits per heavy atom. The van der Waals surface area contributed by atoms with E-state index in [2.05, 4.69) is 16.0 Å². The Hall–Kier alpha value is -4.07. The number of aliphatic hydroxyl groups is 1. The summed E-state index contributed by atoms with van der Waals surface area (Å²) in [5, 5.41) is 13.1. The van der Waals surface area contributed by atoms with Crippen molar-refractivity contribution in [1.82, 2.24) is 9.97 Å². The van der Waals surface area contributed by atoms with Gasteiger partial charge in [-0.1, -0.05) is 95.0 Å². The molecule has 1 N–H and O–H groups in total. The van der Waals surface area contributed by atoms with E-state index in [4.69, 9.17) is 4.42 Å². The van der Waals surface area contributed by atoms with Gasteiger partial charge in [0.05, 0.1) is 16.7 Å². The average molecular weight is 860 g/mol. The first-order valence-corrected chi connectivity index (χ1v) is 16.8. The molecule has 6 aromatic rings. The van der Waals surface area contributed by atoms with Crippen molar-refractivity contribution >= 4 is 49.4 Å². The zero-order chi connectivity index (χ0) is 35.7. The van der Waals surface area contributed by atoms with E-state index in [0.717, 1.165) is 48.1 Å². The minimum atomic E-state index is -4.50. The molecular weight excluding hydrogens is 818 g/mol. The molecule has 0 aliphatic carbocycles. The van der Waals surface area contributed by atoms with E-state index in [1.807, 2.05) is 71.9 Å². The summed E-state index contributed by atoms with van der Waals surface area (Å²) in [6.45, 7) is 13.8. The molecule has 0 spiro atoms. The molecule has 0 saturated carbocycles. The number of fused-ring (bicyclic) bond motifs is 6. The van der Waals surface area contributed by atoms with Crippen molar-refractivity contribution in [3.8, 4) is 11.3 Å². The van der Waals surface area contributed by atoms with Crippen LogP contribution in [0.25, 0.3) is 54.9 Å². The van der Waals surface area contributed by atoms with Crippen LogP contribution in [-0.4, -0.2) is 20.9 Å². The molecule has 0 saturated heterocycles. The summed E-state index contributed by atoms with van der Waals surface area (Å²) in [5.74, 6) is 0.659. The van der Waals surface area contributed by atoms with Crippen molar-refractivity contribution in [1.29, 1.82) is 0 Å². The first-order chi connectivity index (χ1) is 23.2. The topological polar surface area (TPSA) is 76.2 Å². The summed E-state index contributed by atoms with van der Waals surface area (Å²) in [5.41, 5.74) is 1.36. The standard InChI is InChI=1S/C26H14F3N2O.C15H28O2.Ir/c1-14-30-23(19-9-5-8-17-16-7-2-3-11-21(16)32-25(17)19)18-13-12-15-6-4-10-20(26(27,28)29)22(15)24(18)31-14;1-7-14(5,8-2)12(16)11-13(17)15(6,9-3)10-4;/h2-8,10-13H,1H3;11,16H,7-10H2,1-6H3;/q-1;;/b;12-11-;. The van der Waals surface area contributed by atoms with E-state index in [1.165, 1.54) is 12.1 Å². The molecule has 0 unspecified atom stereocenters. The number of alkyl halides is 3. The van der Waals surface area contributed by atoms with Crippen LogP contribution >= 0.6 is 0 Å². The number of hydrogen-bond donors (Lipinski definition) is 1. The van der Waals surface area contributed by atoms with Crippen molar-refractivity contribution in [2.75, 3.05) is 0 Å². The molecule has 0 atom stereocenters. The Morgan fingerprint density at radius 3 is 2.14 bits per heavy atom. The van der Waals surface area contributed by atoms with Crippen LogP contribution in [0.5, 0.6) is 0 Å². The number of aromatic nitrogens is 2. The number of furan rings is 1. The van der Waals surface area contributed by atoms with Gasteiger partial charge >= 0.3 is 6.18 Å². The third-order valence-corrected chi connectivity index (χ3v) is 10.3. The monoisotopic (exact) mass is 860 g/mol. The second-order valence-corrected chi connectivity index (χ2v) is 13.1. The maximum atomic E-state index is 13.8. The van der Waals surface area contributed by atoms with Gasteiger partial charge in [0.1, 0.15) is 17.2 Å². The average Bonchev–Trinajstić information content (AvgIpc) is 3.49. The number of carbonyl (C=O) groups is 1. The molecular formula is C41H42F3IrN2O3-. The van der Waals surface area contributed by atoms with Crippen molar-refractivity contribution in [2.24, 2.45) is 10.8 Å². The fourth-order valence-electron chi connectivity index (χ4n) is 6.05. The van der Waals surface area contributed by atoms with E-state index < -0.39 is 11.7 Å². The summed E-state index contributed by atoms with van der Waals surface area (Å²) in [6, 6.07) is 22.2. The van der Waals surface area contributed by atoms with E-state index >= 15 is 0 Å². The van der Waals surface area contributed by atoms with Crippen LogP contribution in [-0.2, 0) is 31.1 Å². The van der Waals surface area contributed by atoms with Gasteiger partial charge in [0.25, 0.3) is 0 Å². The first-order valence-electron chi connectivity index (χ1n) is 16.8. The molecule has 0 fully saturated rings. The van der Waals surface area contributed by atoms with Gasteiger partial charge in [0, 0.05) is 53.5 Å². The second-order valence-electron chi connectivity index (χ2n) is 13.1. The predicted octanol–water partition coefficient (Wildman–Crippen LogP) is 12.1. The normalized spacial score (nSPS) is 12.6. The Morgan fingerprint density at radius 1 is 0.840 bits per heavy atom. The predicted molar refractivity (Wildman–Crippen MR) is 191 cm³/mol. The van der Waals surface area contributed by atoms with E-state index in [9.17, 15) is 23.1 Å². The van der Waals surface area contributed by atoms with Gasteiger partial charge in [-0.25, -0.2) is 4.98 Å². The van der Waals surface area contributed by atoms with E-state index in [0.29, 0.717) is 33.4 Å². The van der Waals surface area contributed by atoms with Crippen LogP contribution in [0.1, 0.15) is 78.6 Å². The Balaban J connectivity index is 0.000000269. The summed E-state index contributed by atoms with van der Waals surface area (Å²) < 4.78 is 47.6. The molecule has 265 valence electrons. The quantitative estimate of drug-likeness (QED) is 0.0714. The van der Waals surface area contributed by atoms with E-state index in [-0.39, 0.29) is 53.4 Å². The fraction of sp³-hybridized carbons (Fsp3) is 0.341. The molecule has 4 aromatic carbocycles. The summed E-state index contributed by atoms with van der Waals surface area (Å²) in [4.78, 5) is 21.2. The molecule has 6 rings (SSSR count). The van der Waals surface area contributed by atoms with E-state index in [1.54, 1.807) is 31.2 Å². The number of benzene rings is 4. The maximum absolute atomic E-state index is 13.8. The molecule has 50 heavy (non-hydrogen) atoms. The summed E-state index contributed by atoms with van der Waals surface area (Å²) >= 11 is 0. The number of hydrogen-bond acceptors (Lipinski definition) is 5. The molecule has 1 radical (unpaired) electrons. The SMILES string of the molecule is CCC(C)(CC)C(=O)/C=C(\O)C(C)(CC)CC.Cc1nc(-c2[c-]ccc3c2oc2ccccc23)c2ccc3cccc(C(F)(F)F)c3c2n1.[Ir]. The van der Waals surface area contributed by atoms with Crippen LogP contribution in [0.3, 0.4) is 0 Å². The molecule has 0 aliphatic rings. The van der Waals surface area contributed by atoms with Crippen molar-refractivity contribution < 1.29 is 47.6 Å². The Bertz CT molecular complexity index is 2200. The van der Waals surface area contributed by atoms with Crippen molar-refractivity contribution in [2.45, 2.75) is 80.3 Å². The zero-order valence-corrected chi connectivity index (χ0v) is 31.8. The molecule has 0 bridgehead atoms. The molecule has 2 aromatic heterocycles. The van der Waals surface area contributed by atoms with Crippen molar-refractivity contribution in [3.63, 3.8) is 0 Å². The smallest absolute Gasteiger partial charge is 0.417 e. The van der Waals surface area contributed by atoms with Gasteiger partial charge in [-0.15, -0.1) is 18.2 Å². The molecule has 0 amide bonds. The Labute approximate surface area is 304 Å². The third-order valence-electron chi connectivity index (χ3n) is 10.3. The van der Waals surface area contributed by atoms with Gasteiger partial charge in [-0.2, -0.15) is 13.2 Å². The first kappa shape index (κ1) is 38.7. The minimum Gasteiger partial charge on any atom is -0.512 e. The Kier molecular flexibility index (Phi) is 11.6. The minimum absolute atomic E-state index is 0. The number of ketones is 1. The number of allylic oxidation sites excluding steroid dienone is 2. The second kappa shape index (κ2) is 15.0. The number of nitrogens with zero attached hydrogens (tertiary/aromatic N) is 2. The summed E-state index contributed by atoms with van der Waals surface area (Å²) in [7, 11) is 0. The molecule has 2 heterocycles. The zero-order valence-electron chi connectivity index (χ0n) is 29.4.